The molecule has 7 nitrogen and oxygen atoms in total. The second kappa shape index (κ2) is 10.4. The third kappa shape index (κ3) is 5.55. The fraction of sp³-hybridized carbons (Fsp3) is 0.360. The van der Waals surface area contributed by atoms with Gasteiger partial charge in [0.1, 0.15) is 0 Å². The fourth-order valence-electron chi connectivity index (χ4n) is 4.04. The van der Waals surface area contributed by atoms with Crippen molar-refractivity contribution in [1.82, 2.24) is 14.8 Å². The Bertz CT molecular complexity index is 1110. The monoisotopic (exact) mass is 434 g/mol. The molecule has 0 radical (unpaired) electrons. The van der Waals surface area contributed by atoms with Crippen LogP contribution in [0.1, 0.15) is 17.5 Å². The molecule has 0 spiro atoms. The van der Waals surface area contributed by atoms with E-state index < -0.39 is 0 Å². The van der Waals surface area contributed by atoms with Crippen LogP contribution < -0.4 is 10.9 Å². The number of benzene rings is 2. The lowest BCUT2D eigenvalue weighted by atomic mass is 10.1. The molecule has 1 aromatic heterocycles. The van der Waals surface area contributed by atoms with Gasteiger partial charge >= 0.3 is 6.03 Å². The molecule has 1 aliphatic heterocycles. The lowest BCUT2D eigenvalue weighted by Crippen LogP contribution is -2.40. The van der Waals surface area contributed by atoms with E-state index in [2.05, 4.69) is 15.2 Å². The lowest BCUT2D eigenvalue weighted by Gasteiger charge is -2.28. The van der Waals surface area contributed by atoms with Crippen molar-refractivity contribution in [3.63, 3.8) is 0 Å². The largest absolute Gasteiger partial charge is 0.379 e. The number of aromatic amines is 1. The Morgan fingerprint density at radius 1 is 1.12 bits per heavy atom. The minimum Gasteiger partial charge on any atom is -0.379 e. The van der Waals surface area contributed by atoms with Crippen LogP contribution in [0.15, 0.2) is 59.4 Å². The molecule has 0 aliphatic carbocycles. The number of aryl methyl sites for hydroxylation is 1. The Labute approximate surface area is 188 Å². The van der Waals surface area contributed by atoms with Crippen molar-refractivity contribution in [2.45, 2.75) is 19.9 Å². The summed E-state index contributed by atoms with van der Waals surface area (Å²) in [5.41, 5.74) is 3.03. The number of nitrogens with zero attached hydrogens (tertiary/aromatic N) is 2. The molecule has 2 amide bonds. The summed E-state index contributed by atoms with van der Waals surface area (Å²) in [7, 11) is 0. The van der Waals surface area contributed by atoms with Crippen molar-refractivity contribution >= 4 is 22.6 Å². The molecule has 2 N–H and O–H groups in total. The zero-order valence-corrected chi connectivity index (χ0v) is 18.5. The number of ether oxygens (including phenoxy) is 1. The summed E-state index contributed by atoms with van der Waals surface area (Å²) in [5, 5.41) is 3.93. The number of pyridine rings is 1. The molecule has 0 unspecified atom stereocenters. The first-order chi connectivity index (χ1) is 15.6. The Kier molecular flexibility index (Phi) is 7.19. The van der Waals surface area contributed by atoms with Gasteiger partial charge in [0.25, 0.3) is 5.56 Å². The summed E-state index contributed by atoms with van der Waals surface area (Å²) in [4.78, 5) is 32.9. The van der Waals surface area contributed by atoms with E-state index in [-0.39, 0.29) is 18.1 Å². The Morgan fingerprint density at radius 2 is 1.91 bits per heavy atom. The van der Waals surface area contributed by atoms with E-state index in [9.17, 15) is 9.59 Å². The Morgan fingerprint density at radius 3 is 2.69 bits per heavy atom. The summed E-state index contributed by atoms with van der Waals surface area (Å²) >= 11 is 0. The number of fused-ring (bicyclic) bond motifs is 1. The first-order valence-corrected chi connectivity index (χ1v) is 11.1. The first kappa shape index (κ1) is 22.0. The molecule has 3 aromatic rings. The third-order valence-corrected chi connectivity index (χ3v) is 5.84. The smallest absolute Gasteiger partial charge is 0.322 e. The van der Waals surface area contributed by atoms with Gasteiger partial charge in [0.15, 0.2) is 0 Å². The van der Waals surface area contributed by atoms with Crippen LogP contribution in [0.3, 0.4) is 0 Å². The van der Waals surface area contributed by atoms with Gasteiger partial charge in [0.05, 0.1) is 25.3 Å². The maximum absolute atomic E-state index is 13.1. The first-order valence-electron chi connectivity index (χ1n) is 11.1. The average molecular weight is 435 g/mol. The highest BCUT2D eigenvalue weighted by Gasteiger charge is 2.18. The minimum absolute atomic E-state index is 0.155. The molecule has 2 heterocycles. The highest BCUT2D eigenvalue weighted by Crippen LogP contribution is 2.16. The van der Waals surface area contributed by atoms with Gasteiger partial charge < -0.3 is 19.9 Å². The standard InChI is InChI=1S/C25H30N4O3/c1-19-7-5-8-20-17-21(24(30)27-23(19)20)18-29(12-6-11-28-13-15-32-16-14-28)25(31)26-22-9-3-2-4-10-22/h2-5,7-10,17H,6,11-16,18H2,1H3,(H,26,31)(H,27,30). The molecule has 2 aromatic carbocycles. The quantitative estimate of drug-likeness (QED) is 0.596. The molecule has 0 bridgehead atoms. The summed E-state index contributed by atoms with van der Waals surface area (Å²) in [5.74, 6) is 0. The maximum Gasteiger partial charge on any atom is 0.322 e. The summed E-state index contributed by atoms with van der Waals surface area (Å²) < 4.78 is 5.41. The molecular weight excluding hydrogens is 404 g/mol. The zero-order valence-electron chi connectivity index (χ0n) is 18.5. The number of H-pyrrole nitrogens is 1. The van der Waals surface area contributed by atoms with Crippen LogP contribution >= 0.6 is 0 Å². The molecule has 7 heteroatoms. The number of nitrogens with one attached hydrogen (secondary N) is 2. The van der Waals surface area contributed by atoms with E-state index in [4.69, 9.17) is 4.74 Å². The van der Waals surface area contributed by atoms with Crippen LogP contribution in [0, 0.1) is 6.92 Å². The molecule has 0 atom stereocenters. The number of anilines is 1. The normalized spacial score (nSPS) is 14.4. The van der Waals surface area contributed by atoms with Crippen LogP contribution in [0.5, 0.6) is 0 Å². The van der Waals surface area contributed by atoms with Crippen molar-refractivity contribution in [3.05, 3.63) is 76.1 Å². The van der Waals surface area contributed by atoms with E-state index in [1.54, 1.807) is 4.90 Å². The van der Waals surface area contributed by atoms with Crippen molar-refractivity contribution in [2.75, 3.05) is 44.7 Å². The predicted molar refractivity (Wildman–Crippen MR) is 127 cm³/mol. The molecule has 168 valence electrons. The Hall–Kier alpha value is -3.16. The van der Waals surface area contributed by atoms with E-state index >= 15 is 0 Å². The van der Waals surface area contributed by atoms with Gasteiger partial charge in [-0.3, -0.25) is 9.69 Å². The van der Waals surface area contributed by atoms with Gasteiger partial charge in [-0.2, -0.15) is 0 Å². The highest BCUT2D eigenvalue weighted by atomic mass is 16.5. The summed E-state index contributed by atoms with van der Waals surface area (Å²) in [6, 6.07) is 17.0. The maximum atomic E-state index is 13.1. The molecule has 4 rings (SSSR count). The van der Waals surface area contributed by atoms with E-state index in [1.807, 2.05) is 61.5 Å². The van der Waals surface area contributed by atoms with E-state index in [0.29, 0.717) is 12.1 Å². The number of aromatic nitrogens is 1. The molecule has 0 saturated carbocycles. The number of para-hydroxylation sites is 2. The SMILES string of the molecule is Cc1cccc2cc(CN(CCCN3CCOCC3)C(=O)Nc3ccccc3)c(=O)[nH]c12. The van der Waals surface area contributed by atoms with E-state index in [0.717, 1.165) is 61.4 Å². The number of urea groups is 1. The second-order valence-corrected chi connectivity index (χ2v) is 8.19. The van der Waals surface area contributed by atoms with Gasteiger partial charge in [-0.05, 0) is 42.5 Å². The molecule has 1 aliphatic rings. The van der Waals surface area contributed by atoms with Crippen LogP contribution in [0.4, 0.5) is 10.5 Å². The summed E-state index contributed by atoms with van der Waals surface area (Å²) in [6.07, 6.45) is 0.826. The number of carbonyl (C=O) groups excluding carboxylic acids is 1. The number of amides is 2. The van der Waals surface area contributed by atoms with Gasteiger partial charge in [-0.1, -0.05) is 36.4 Å². The average Bonchev–Trinajstić information content (AvgIpc) is 2.81. The van der Waals surface area contributed by atoms with Crippen LogP contribution in [0.25, 0.3) is 10.9 Å². The number of hydrogen-bond acceptors (Lipinski definition) is 4. The van der Waals surface area contributed by atoms with Gasteiger partial charge in [-0.25, -0.2) is 4.79 Å². The van der Waals surface area contributed by atoms with Crippen molar-refractivity contribution in [3.8, 4) is 0 Å². The van der Waals surface area contributed by atoms with Crippen LogP contribution in [-0.4, -0.2) is 60.2 Å². The third-order valence-electron chi connectivity index (χ3n) is 5.84. The minimum atomic E-state index is -0.207. The number of hydrogen-bond donors (Lipinski definition) is 2. The zero-order chi connectivity index (χ0) is 22.3. The fourth-order valence-corrected chi connectivity index (χ4v) is 4.04. The van der Waals surface area contributed by atoms with Gasteiger partial charge in [0, 0.05) is 37.4 Å². The second-order valence-electron chi connectivity index (χ2n) is 8.19. The van der Waals surface area contributed by atoms with Gasteiger partial charge in [0.2, 0.25) is 0 Å². The molecular formula is C25H30N4O3. The molecule has 32 heavy (non-hydrogen) atoms. The number of morpholine rings is 1. The predicted octanol–water partition coefficient (Wildman–Crippen LogP) is 3.59. The van der Waals surface area contributed by atoms with Crippen LogP contribution in [-0.2, 0) is 11.3 Å². The number of rotatable bonds is 7. The van der Waals surface area contributed by atoms with Crippen LogP contribution in [0.2, 0.25) is 0 Å². The molecule has 1 saturated heterocycles. The van der Waals surface area contributed by atoms with Gasteiger partial charge in [-0.15, -0.1) is 0 Å². The van der Waals surface area contributed by atoms with Crippen molar-refractivity contribution in [1.29, 1.82) is 0 Å². The van der Waals surface area contributed by atoms with E-state index in [1.165, 1.54) is 0 Å². The number of carbonyl (C=O) groups is 1. The van der Waals surface area contributed by atoms with Crippen molar-refractivity contribution < 1.29 is 9.53 Å². The Balaban J connectivity index is 1.51. The topological polar surface area (TPSA) is 77.7 Å². The molecule has 1 fully saturated rings. The highest BCUT2D eigenvalue weighted by molar-refractivity contribution is 5.89. The summed E-state index contributed by atoms with van der Waals surface area (Å²) in [6.45, 7) is 7.02. The lowest BCUT2D eigenvalue weighted by molar-refractivity contribution is 0.0365. The van der Waals surface area contributed by atoms with Crippen molar-refractivity contribution in [2.24, 2.45) is 0 Å².